The van der Waals surface area contributed by atoms with E-state index in [2.05, 4.69) is 0 Å². The molecule has 1 rings (SSSR count). The third kappa shape index (κ3) is 8.23. The number of carboxylic acid groups (broad SMARTS) is 1. The Kier molecular flexibility index (Phi) is 9.97. The molecule has 1 saturated carbocycles. The van der Waals surface area contributed by atoms with Gasteiger partial charge in [-0.3, -0.25) is 14.4 Å². The maximum Gasteiger partial charge on any atom is 0.303 e. The van der Waals surface area contributed by atoms with E-state index in [9.17, 15) is 18.8 Å². The van der Waals surface area contributed by atoms with E-state index in [0.717, 1.165) is 6.42 Å². The molecule has 0 spiro atoms. The number of carbonyl (C=O) groups excluding carboxylic acids is 2. The van der Waals surface area contributed by atoms with Gasteiger partial charge in [-0.05, 0) is 44.1 Å². The van der Waals surface area contributed by atoms with Gasteiger partial charge in [-0.25, -0.2) is 4.39 Å². The number of carboxylic acids is 1. The Labute approximate surface area is 149 Å². The predicted molar refractivity (Wildman–Crippen MR) is 95.0 cm³/mol. The Morgan fingerprint density at radius 1 is 1.32 bits per heavy atom. The largest absolute Gasteiger partial charge is 0.481 e. The summed E-state index contributed by atoms with van der Waals surface area (Å²) in [5.74, 6) is -1.30. The van der Waals surface area contributed by atoms with Crippen molar-refractivity contribution in [3.63, 3.8) is 0 Å². The first-order valence-corrected chi connectivity index (χ1v) is 9.21. The van der Waals surface area contributed by atoms with Crippen LogP contribution in [0.25, 0.3) is 0 Å². The second kappa shape index (κ2) is 11.7. The van der Waals surface area contributed by atoms with Crippen LogP contribution in [0.5, 0.6) is 0 Å². The fraction of sp³-hybridized carbons (Fsp3) is 0.650. The van der Waals surface area contributed by atoms with Crippen LogP contribution in [0.1, 0.15) is 64.7 Å². The molecule has 3 atom stereocenters. The quantitative estimate of drug-likeness (QED) is 0.320. The zero-order valence-corrected chi connectivity index (χ0v) is 15.0. The highest BCUT2D eigenvalue weighted by molar-refractivity contribution is 5.93. The maximum atomic E-state index is 13.7. The van der Waals surface area contributed by atoms with Crippen molar-refractivity contribution in [3.8, 4) is 0 Å². The first-order valence-electron chi connectivity index (χ1n) is 9.21. The molecule has 0 aliphatic heterocycles. The predicted octanol–water partition coefficient (Wildman–Crippen LogP) is 4.44. The third-order valence-electron chi connectivity index (χ3n) is 4.60. The molecule has 1 fully saturated rings. The van der Waals surface area contributed by atoms with Crippen molar-refractivity contribution in [2.45, 2.75) is 70.9 Å². The summed E-state index contributed by atoms with van der Waals surface area (Å²) < 4.78 is 13.7. The van der Waals surface area contributed by atoms with E-state index in [1.807, 2.05) is 19.1 Å². The summed E-state index contributed by atoms with van der Waals surface area (Å²) in [6, 6.07) is 0. The van der Waals surface area contributed by atoms with Gasteiger partial charge in [0.05, 0.1) is 0 Å². The van der Waals surface area contributed by atoms with E-state index in [1.165, 1.54) is 6.08 Å². The van der Waals surface area contributed by atoms with Gasteiger partial charge >= 0.3 is 5.97 Å². The number of carbonyl (C=O) groups is 3. The summed E-state index contributed by atoms with van der Waals surface area (Å²) in [4.78, 5) is 34.2. The fourth-order valence-corrected chi connectivity index (χ4v) is 3.05. The highest BCUT2D eigenvalue weighted by Gasteiger charge is 2.32. The van der Waals surface area contributed by atoms with Crippen molar-refractivity contribution in [1.29, 1.82) is 0 Å². The summed E-state index contributed by atoms with van der Waals surface area (Å²) in [7, 11) is 0. The lowest BCUT2D eigenvalue weighted by Crippen LogP contribution is -2.15. The Hall–Kier alpha value is -1.78. The minimum Gasteiger partial charge on any atom is -0.481 e. The third-order valence-corrected chi connectivity index (χ3v) is 4.60. The molecule has 25 heavy (non-hydrogen) atoms. The number of unbranched alkanes of at least 4 members (excludes halogenated alkanes) is 2. The van der Waals surface area contributed by atoms with Gasteiger partial charge in [0, 0.05) is 18.8 Å². The lowest BCUT2D eigenvalue weighted by molar-refractivity contribution is -0.137. The van der Waals surface area contributed by atoms with Crippen molar-refractivity contribution in [1.82, 2.24) is 0 Å². The molecular weight excluding hydrogens is 323 g/mol. The number of hydrogen-bond acceptors (Lipinski definition) is 3. The van der Waals surface area contributed by atoms with Crippen molar-refractivity contribution in [3.05, 3.63) is 24.3 Å². The molecule has 0 aromatic heterocycles. The summed E-state index contributed by atoms with van der Waals surface area (Å²) in [6.45, 7) is 1.96. The zero-order valence-electron chi connectivity index (χ0n) is 15.0. The van der Waals surface area contributed by atoms with Crippen LogP contribution in [0, 0.1) is 11.8 Å². The van der Waals surface area contributed by atoms with Crippen LogP contribution in [0.3, 0.4) is 0 Å². The first-order chi connectivity index (χ1) is 12.0. The number of allylic oxidation sites excluding steroid dienone is 4. The highest BCUT2D eigenvalue weighted by atomic mass is 19.1. The normalized spacial score (nSPS) is 22.1. The molecule has 0 radical (unpaired) electrons. The van der Waals surface area contributed by atoms with Crippen LogP contribution in [0.15, 0.2) is 24.3 Å². The summed E-state index contributed by atoms with van der Waals surface area (Å²) in [6.07, 6.45) is 10.4. The molecule has 4 nitrogen and oxygen atoms in total. The average Bonchev–Trinajstić information content (AvgIpc) is 2.93. The van der Waals surface area contributed by atoms with Crippen LogP contribution < -0.4 is 0 Å². The summed E-state index contributed by atoms with van der Waals surface area (Å²) in [5, 5.41) is 8.57. The number of Topliss-reactive ketones (excluding diaryl/α,β-unsaturated/α-hetero) is 1. The molecule has 0 saturated heterocycles. The van der Waals surface area contributed by atoms with Gasteiger partial charge < -0.3 is 5.11 Å². The fourth-order valence-electron chi connectivity index (χ4n) is 3.05. The molecule has 140 valence electrons. The van der Waals surface area contributed by atoms with Gasteiger partial charge in [-0.1, -0.05) is 38.0 Å². The lowest BCUT2D eigenvalue weighted by Gasteiger charge is -2.12. The number of rotatable bonds is 12. The Balaban J connectivity index is 2.46. The molecule has 0 heterocycles. The van der Waals surface area contributed by atoms with Gasteiger partial charge in [-0.15, -0.1) is 0 Å². The van der Waals surface area contributed by atoms with E-state index < -0.39 is 17.9 Å². The molecule has 0 amide bonds. The number of ketones is 2. The Morgan fingerprint density at radius 3 is 2.76 bits per heavy atom. The molecule has 0 unspecified atom stereocenters. The van der Waals surface area contributed by atoms with Gasteiger partial charge in [0.2, 0.25) is 0 Å². The van der Waals surface area contributed by atoms with E-state index in [-0.39, 0.29) is 30.5 Å². The van der Waals surface area contributed by atoms with Crippen LogP contribution >= 0.6 is 0 Å². The van der Waals surface area contributed by atoms with Crippen molar-refractivity contribution >= 4 is 17.5 Å². The van der Waals surface area contributed by atoms with Crippen LogP contribution in [0.2, 0.25) is 0 Å². The topological polar surface area (TPSA) is 71.4 Å². The van der Waals surface area contributed by atoms with Gasteiger partial charge in [-0.2, -0.15) is 0 Å². The Bertz CT molecular complexity index is 510. The maximum absolute atomic E-state index is 13.7. The molecule has 0 aromatic rings. The zero-order chi connectivity index (χ0) is 18.7. The number of halogens is 1. The van der Waals surface area contributed by atoms with Crippen molar-refractivity contribution in [2.75, 3.05) is 0 Å². The highest BCUT2D eigenvalue weighted by Crippen LogP contribution is 2.32. The molecule has 1 aliphatic rings. The molecule has 1 N–H and O–H groups in total. The summed E-state index contributed by atoms with van der Waals surface area (Å²) in [5.41, 5.74) is 0. The number of hydrogen-bond donors (Lipinski definition) is 1. The second-order valence-electron chi connectivity index (χ2n) is 6.64. The molecule has 0 bridgehead atoms. The van der Waals surface area contributed by atoms with Gasteiger partial charge in [0.15, 0.2) is 12.0 Å². The number of alkyl halides is 1. The molecule has 5 heteroatoms. The van der Waals surface area contributed by atoms with E-state index >= 15 is 0 Å². The van der Waals surface area contributed by atoms with Crippen LogP contribution in [-0.4, -0.2) is 28.8 Å². The van der Waals surface area contributed by atoms with Crippen LogP contribution in [-0.2, 0) is 14.4 Å². The standard InChI is InChI=1S/C20H29FO4/c1-2-3-9-17(21)19(23)14-12-15-11-13-18(22)16(15)8-6-4-5-7-10-20(24)25/h4,6,12,14-17H,2-3,5,7-11,13H2,1H3,(H,24,25)/b6-4-,14-12+/t15-,16-,17-/m1/s1. The van der Waals surface area contributed by atoms with Crippen molar-refractivity contribution in [2.24, 2.45) is 11.8 Å². The van der Waals surface area contributed by atoms with Gasteiger partial charge in [0.25, 0.3) is 0 Å². The second-order valence-corrected chi connectivity index (χ2v) is 6.64. The van der Waals surface area contributed by atoms with Crippen molar-refractivity contribution < 1.29 is 23.9 Å². The molecule has 0 aromatic carbocycles. The lowest BCUT2D eigenvalue weighted by atomic mass is 9.91. The van der Waals surface area contributed by atoms with E-state index in [1.54, 1.807) is 6.08 Å². The van der Waals surface area contributed by atoms with Crippen LogP contribution in [0.4, 0.5) is 4.39 Å². The van der Waals surface area contributed by atoms with E-state index in [4.69, 9.17) is 5.11 Å². The van der Waals surface area contributed by atoms with Gasteiger partial charge in [0.1, 0.15) is 5.78 Å². The average molecular weight is 352 g/mol. The molecular formula is C20H29FO4. The summed E-state index contributed by atoms with van der Waals surface area (Å²) >= 11 is 0. The Morgan fingerprint density at radius 2 is 2.08 bits per heavy atom. The van der Waals surface area contributed by atoms with E-state index in [0.29, 0.717) is 38.5 Å². The SMILES string of the molecule is CCCC[C@@H](F)C(=O)/C=C/[C@H]1CCC(=O)[C@@H]1C/C=C\CCCC(=O)O. The first kappa shape index (κ1) is 21.3. The smallest absolute Gasteiger partial charge is 0.303 e. The minimum atomic E-state index is -1.44. The minimum absolute atomic E-state index is 0.0153. The molecule has 1 aliphatic carbocycles. The monoisotopic (exact) mass is 352 g/mol. The number of aliphatic carboxylic acids is 1.